The van der Waals surface area contributed by atoms with Gasteiger partial charge >= 0.3 is 0 Å². The van der Waals surface area contributed by atoms with Gasteiger partial charge in [-0.1, -0.05) is 49.4 Å². The normalized spacial score (nSPS) is 12.4. The third kappa shape index (κ3) is 5.00. The SMILES string of the molecule is CCCN(CC(=O)N[C@@H](C)c1cccc2ccccc12)Cc1nnc(-c2ccco2)o1. The fourth-order valence-corrected chi connectivity index (χ4v) is 3.73. The van der Waals surface area contributed by atoms with Gasteiger partial charge in [0.15, 0.2) is 5.76 Å². The van der Waals surface area contributed by atoms with Gasteiger partial charge in [0.1, 0.15) is 0 Å². The zero-order chi connectivity index (χ0) is 21.6. The lowest BCUT2D eigenvalue weighted by Gasteiger charge is -2.22. The predicted molar refractivity (Wildman–Crippen MR) is 118 cm³/mol. The maximum absolute atomic E-state index is 12.8. The Hall–Kier alpha value is -3.45. The number of nitrogens with zero attached hydrogens (tertiary/aromatic N) is 3. The molecule has 0 saturated heterocycles. The van der Waals surface area contributed by atoms with Gasteiger partial charge in [0.2, 0.25) is 11.8 Å². The molecule has 160 valence electrons. The van der Waals surface area contributed by atoms with Crippen LogP contribution in [0.4, 0.5) is 0 Å². The number of carbonyl (C=O) groups is 1. The van der Waals surface area contributed by atoms with Gasteiger partial charge in [-0.05, 0) is 48.4 Å². The second-order valence-corrected chi connectivity index (χ2v) is 7.55. The summed E-state index contributed by atoms with van der Waals surface area (Å²) in [6, 6.07) is 17.8. The standard InChI is InChI=1S/C24H26N4O3/c1-3-13-28(16-23-26-27-24(31-23)21-12-7-14-30-21)15-22(29)25-17(2)19-11-6-9-18-8-4-5-10-20(18)19/h4-12,14,17H,3,13,15-16H2,1-2H3,(H,25,29)/t17-/m0/s1. The fraction of sp³-hybridized carbons (Fsp3) is 0.292. The van der Waals surface area contributed by atoms with Crippen molar-refractivity contribution in [1.29, 1.82) is 0 Å². The number of benzene rings is 2. The van der Waals surface area contributed by atoms with E-state index in [9.17, 15) is 4.79 Å². The van der Waals surface area contributed by atoms with E-state index >= 15 is 0 Å². The fourth-order valence-electron chi connectivity index (χ4n) is 3.73. The smallest absolute Gasteiger partial charge is 0.283 e. The van der Waals surface area contributed by atoms with Crippen LogP contribution in [0.25, 0.3) is 22.4 Å². The molecule has 0 fully saturated rings. The number of fused-ring (bicyclic) bond motifs is 1. The van der Waals surface area contributed by atoms with Gasteiger partial charge in [-0.3, -0.25) is 9.69 Å². The Bertz CT molecular complexity index is 1130. The molecule has 4 aromatic rings. The summed E-state index contributed by atoms with van der Waals surface area (Å²) in [5, 5.41) is 13.6. The van der Waals surface area contributed by atoms with Crippen molar-refractivity contribution in [1.82, 2.24) is 20.4 Å². The van der Waals surface area contributed by atoms with Crippen LogP contribution in [0.1, 0.15) is 37.8 Å². The van der Waals surface area contributed by atoms with E-state index in [0.29, 0.717) is 24.1 Å². The lowest BCUT2D eigenvalue weighted by Crippen LogP contribution is -2.38. The molecule has 0 unspecified atom stereocenters. The highest BCUT2D eigenvalue weighted by Gasteiger charge is 2.18. The zero-order valence-corrected chi connectivity index (χ0v) is 17.7. The molecular formula is C24H26N4O3. The van der Waals surface area contributed by atoms with Crippen molar-refractivity contribution in [3.63, 3.8) is 0 Å². The van der Waals surface area contributed by atoms with Crippen molar-refractivity contribution in [2.24, 2.45) is 0 Å². The molecule has 0 saturated carbocycles. The number of aromatic nitrogens is 2. The van der Waals surface area contributed by atoms with Gasteiger partial charge in [-0.2, -0.15) is 0 Å². The van der Waals surface area contributed by atoms with E-state index in [1.807, 2.05) is 30.0 Å². The first-order valence-corrected chi connectivity index (χ1v) is 10.5. The first kappa shape index (κ1) is 20.8. The van der Waals surface area contributed by atoms with Gasteiger partial charge in [0.25, 0.3) is 5.89 Å². The minimum absolute atomic E-state index is 0.0420. The lowest BCUT2D eigenvalue weighted by atomic mass is 10.00. The number of amides is 1. The molecule has 1 atom stereocenters. The van der Waals surface area contributed by atoms with Crippen molar-refractivity contribution in [3.8, 4) is 11.7 Å². The summed E-state index contributed by atoms with van der Waals surface area (Å²) in [6.45, 7) is 5.48. The third-order valence-corrected chi connectivity index (χ3v) is 5.13. The Balaban J connectivity index is 1.40. The molecular weight excluding hydrogens is 392 g/mol. The van der Waals surface area contributed by atoms with Crippen molar-refractivity contribution >= 4 is 16.7 Å². The molecule has 0 radical (unpaired) electrons. The van der Waals surface area contributed by atoms with Crippen LogP contribution in [0.5, 0.6) is 0 Å². The molecule has 7 heteroatoms. The van der Waals surface area contributed by atoms with Crippen molar-refractivity contribution in [2.45, 2.75) is 32.9 Å². The van der Waals surface area contributed by atoms with E-state index in [-0.39, 0.29) is 18.5 Å². The van der Waals surface area contributed by atoms with Crippen LogP contribution in [0.15, 0.2) is 69.7 Å². The molecule has 1 amide bonds. The van der Waals surface area contributed by atoms with E-state index in [4.69, 9.17) is 8.83 Å². The largest absolute Gasteiger partial charge is 0.459 e. The second kappa shape index (κ2) is 9.57. The minimum Gasteiger partial charge on any atom is -0.459 e. The van der Waals surface area contributed by atoms with E-state index in [0.717, 1.165) is 29.3 Å². The highest BCUT2D eigenvalue weighted by molar-refractivity contribution is 5.87. The number of carbonyl (C=O) groups excluding carboxylic acids is 1. The molecule has 2 aromatic heterocycles. The number of hydrogen-bond donors (Lipinski definition) is 1. The second-order valence-electron chi connectivity index (χ2n) is 7.55. The highest BCUT2D eigenvalue weighted by Crippen LogP contribution is 2.24. The quantitative estimate of drug-likeness (QED) is 0.429. The summed E-state index contributed by atoms with van der Waals surface area (Å²) in [6.07, 6.45) is 2.47. The van der Waals surface area contributed by atoms with Crippen LogP contribution in [0.3, 0.4) is 0 Å². The summed E-state index contributed by atoms with van der Waals surface area (Å²) in [5.74, 6) is 1.28. The van der Waals surface area contributed by atoms with Gasteiger partial charge in [0.05, 0.1) is 25.4 Å². The molecule has 1 N–H and O–H groups in total. The van der Waals surface area contributed by atoms with E-state index < -0.39 is 0 Å². The molecule has 2 heterocycles. The van der Waals surface area contributed by atoms with Crippen LogP contribution in [0, 0.1) is 0 Å². The summed E-state index contributed by atoms with van der Waals surface area (Å²) >= 11 is 0. The number of rotatable bonds is 9. The Morgan fingerprint density at radius 1 is 1.10 bits per heavy atom. The van der Waals surface area contributed by atoms with Crippen molar-refractivity contribution in [2.75, 3.05) is 13.1 Å². The third-order valence-electron chi connectivity index (χ3n) is 5.13. The Morgan fingerprint density at radius 3 is 2.74 bits per heavy atom. The summed E-state index contributed by atoms with van der Waals surface area (Å²) in [5.41, 5.74) is 1.11. The van der Waals surface area contributed by atoms with Gasteiger partial charge < -0.3 is 14.2 Å². The molecule has 0 bridgehead atoms. The molecule has 2 aromatic carbocycles. The minimum atomic E-state index is -0.101. The molecule has 7 nitrogen and oxygen atoms in total. The zero-order valence-electron chi connectivity index (χ0n) is 17.7. The Kier molecular flexibility index (Phi) is 6.43. The molecule has 0 aliphatic rings. The first-order chi connectivity index (χ1) is 15.1. The molecule has 31 heavy (non-hydrogen) atoms. The molecule has 0 aliphatic carbocycles. The number of hydrogen-bond acceptors (Lipinski definition) is 6. The van der Waals surface area contributed by atoms with E-state index in [2.05, 4.69) is 46.7 Å². The summed E-state index contributed by atoms with van der Waals surface area (Å²) in [7, 11) is 0. The van der Waals surface area contributed by atoms with Crippen LogP contribution >= 0.6 is 0 Å². The Labute approximate surface area is 181 Å². The molecule has 0 spiro atoms. The van der Waals surface area contributed by atoms with Crippen molar-refractivity contribution < 1.29 is 13.6 Å². The van der Waals surface area contributed by atoms with Crippen molar-refractivity contribution in [3.05, 3.63) is 72.3 Å². The monoisotopic (exact) mass is 418 g/mol. The average molecular weight is 418 g/mol. The van der Waals surface area contributed by atoms with Gasteiger partial charge in [-0.15, -0.1) is 10.2 Å². The van der Waals surface area contributed by atoms with Crippen LogP contribution in [-0.2, 0) is 11.3 Å². The van der Waals surface area contributed by atoms with Crippen LogP contribution in [0.2, 0.25) is 0 Å². The maximum atomic E-state index is 12.8. The predicted octanol–water partition coefficient (Wildman–Crippen LogP) is 4.57. The number of furan rings is 1. The molecule has 0 aliphatic heterocycles. The molecule has 4 rings (SSSR count). The first-order valence-electron chi connectivity index (χ1n) is 10.5. The topological polar surface area (TPSA) is 84.4 Å². The van der Waals surface area contributed by atoms with E-state index in [1.165, 1.54) is 0 Å². The van der Waals surface area contributed by atoms with E-state index in [1.54, 1.807) is 18.4 Å². The average Bonchev–Trinajstić information content (AvgIpc) is 3.45. The Morgan fingerprint density at radius 2 is 1.94 bits per heavy atom. The number of nitrogens with one attached hydrogen (secondary N) is 1. The van der Waals surface area contributed by atoms with Crippen LogP contribution < -0.4 is 5.32 Å². The maximum Gasteiger partial charge on any atom is 0.283 e. The van der Waals surface area contributed by atoms with Crippen LogP contribution in [-0.4, -0.2) is 34.1 Å². The van der Waals surface area contributed by atoms with Gasteiger partial charge in [-0.25, -0.2) is 0 Å². The van der Waals surface area contributed by atoms with Gasteiger partial charge in [0, 0.05) is 0 Å². The highest BCUT2D eigenvalue weighted by atomic mass is 16.4. The summed E-state index contributed by atoms with van der Waals surface area (Å²) < 4.78 is 11.0. The lowest BCUT2D eigenvalue weighted by molar-refractivity contribution is -0.123. The summed E-state index contributed by atoms with van der Waals surface area (Å²) in [4.78, 5) is 14.8.